The van der Waals surface area contributed by atoms with Crippen LogP contribution >= 0.6 is 12.4 Å². The van der Waals surface area contributed by atoms with Crippen LogP contribution in [0.2, 0.25) is 0 Å². The molecule has 3 N–H and O–H groups in total. The highest BCUT2D eigenvalue weighted by Gasteiger charge is 2.11. The molecule has 4 heteroatoms. The summed E-state index contributed by atoms with van der Waals surface area (Å²) in [5.41, 5.74) is 6.83. The molecule has 0 heterocycles. The van der Waals surface area contributed by atoms with Crippen molar-refractivity contribution in [1.82, 2.24) is 0 Å². The molecule has 0 saturated heterocycles. The molecule has 0 aromatic heterocycles. The summed E-state index contributed by atoms with van der Waals surface area (Å²) in [4.78, 5) is 0. The van der Waals surface area contributed by atoms with Gasteiger partial charge in [0.2, 0.25) is 0 Å². The molecule has 1 aromatic carbocycles. The molecule has 0 aliphatic heterocycles. The Morgan fingerprint density at radius 2 is 2.06 bits per heavy atom. The second-order valence-corrected chi connectivity index (χ2v) is 4.03. The zero-order chi connectivity index (χ0) is 12.0. The Morgan fingerprint density at radius 3 is 2.59 bits per heavy atom. The van der Waals surface area contributed by atoms with Crippen LogP contribution in [0.15, 0.2) is 18.2 Å². The predicted octanol–water partition coefficient (Wildman–Crippen LogP) is 3.40. The first-order valence-electron chi connectivity index (χ1n) is 5.81. The lowest BCUT2D eigenvalue weighted by molar-refractivity contribution is 0.404. The van der Waals surface area contributed by atoms with Crippen LogP contribution in [0.1, 0.15) is 44.2 Å². The highest BCUT2D eigenvalue weighted by atomic mass is 35.5. The van der Waals surface area contributed by atoms with Crippen LogP contribution in [0, 0.1) is 0 Å². The van der Waals surface area contributed by atoms with Crippen molar-refractivity contribution in [3.8, 4) is 11.5 Å². The van der Waals surface area contributed by atoms with E-state index in [4.69, 9.17) is 10.5 Å². The molecular weight excluding hydrogens is 238 g/mol. The standard InChI is InChI=1S/C13H21NO2.ClH/c1-3-4-5-6-12(14)11-8-7-10(16-2)9-13(11)15;/h7-9,12,15H,3-6,14H2,1-2H3;1H/t12-;/m1./s1. The van der Waals surface area contributed by atoms with Gasteiger partial charge in [0.25, 0.3) is 0 Å². The number of methoxy groups -OCH3 is 1. The molecule has 0 amide bonds. The van der Waals surface area contributed by atoms with Crippen LogP contribution in [-0.2, 0) is 0 Å². The van der Waals surface area contributed by atoms with Gasteiger partial charge in [-0.2, -0.15) is 0 Å². The van der Waals surface area contributed by atoms with Crippen LogP contribution in [-0.4, -0.2) is 12.2 Å². The number of nitrogens with two attached hydrogens (primary N) is 1. The van der Waals surface area contributed by atoms with Crippen LogP contribution in [0.4, 0.5) is 0 Å². The van der Waals surface area contributed by atoms with Gasteiger partial charge in [-0.05, 0) is 12.5 Å². The van der Waals surface area contributed by atoms with E-state index in [9.17, 15) is 5.11 Å². The normalized spacial score (nSPS) is 11.7. The molecule has 0 fully saturated rings. The molecule has 1 aromatic rings. The van der Waals surface area contributed by atoms with E-state index in [0.29, 0.717) is 5.75 Å². The van der Waals surface area contributed by atoms with Gasteiger partial charge in [0.05, 0.1) is 7.11 Å². The molecule has 1 rings (SSSR count). The van der Waals surface area contributed by atoms with Crippen LogP contribution in [0.25, 0.3) is 0 Å². The topological polar surface area (TPSA) is 55.5 Å². The van der Waals surface area contributed by atoms with E-state index < -0.39 is 0 Å². The molecule has 0 saturated carbocycles. The van der Waals surface area contributed by atoms with Crippen molar-refractivity contribution in [3.05, 3.63) is 23.8 Å². The fraction of sp³-hybridized carbons (Fsp3) is 0.538. The fourth-order valence-electron chi connectivity index (χ4n) is 1.73. The lowest BCUT2D eigenvalue weighted by Crippen LogP contribution is -2.10. The number of aromatic hydroxyl groups is 1. The highest BCUT2D eigenvalue weighted by Crippen LogP contribution is 2.29. The third kappa shape index (κ3) is 4.84. The summed E-state index contributed by atoms with van der Waals surface area (Å²) in [5, 5.41) is 9.79. The van der Waals surface area contributed by atoms with Crippen molar-refractivity contribution in [2.24, 2.45) is 5.73 Å². The summed E-state index contributed by atoms with van der Waals surface area (Å²) in [6, 6.07) is 5.19. The van der Waals surface area contributed by atoms with E-state index in [0.717, 1.165) is 18.4 Å². The monoisotopic (exact) mass is 259 g/mol. The number of phenolic OH excluding ortho intramolecular Hbond substituents is 1. The summed E-state index contributed by atoms with van der Waals surface area (Å²) < 4.78 is 5.03. The van der Waals surface area contributed by atoms with Crippen molar-refractivity contribution >= 4 is 12.4 Å². The smallest absolute Gasteiger partial charge is 0.124 e. The average Bonchev–Trinajstić information content (AvgIpc) is 2.29. The van der Waals surface area contributed by atoms with Crippen molar-refractivity contribution in [2.45, 2.75) is 38.6 Å². The Labute approximate surface area is 109 Å². The lowest BCUT2D eigenvalue weighted by atomic mass is 10.0. The fourth-order valence-corrected chi connectivity index (χ4v) is 1.73. The third-order valence-electron chi connectivity index (χ3n) is 2.76. The van der Waals surface area contributed by atoms with E-state index in [-0.39, 0.29) is 24.2 Å². The number of ether oxygens (including phenoxy) is 1. The number of benzene rings is 1. The quantitative estimate of drug-likeness (QED) is 0.770. The first kappa shape index (κ1) is 16.1. The van der Waals surface area contributed by atoms with Gasteiger partial charge >= 0.3 is 0 Å². The minimum Gasteiger partial charge on any atom is -0.507 e. The summed E-state index contributed by atoms with van der Waals surface area (Å²) in [5.74, 6) is 0.880. The number of rotatable bonds is 6. The third-order valence-corrected chi connectivity index (χ3v) is 2.76. The van der Waals surface area contributed by atoms with E-state index in [1.807, 2.05) is 12.1 Å². The van der Waals surface area contributed by atoms with Gasteiger partial charge in [-0.15, -0.1) is 12.4 Å². The SMILES string of the molecule is CCCCC[C@@H](N)c1ccc(OC)cc1O.Cl. The van der Waals surface area contributed by atoms with Gasteiger partial charge in [-0.25, -0.2) is 0 Å². The molecule has 0 aliphatic rings. The Balaban J connectivity index is 0.00000256. The number of hydrogen-bond acceptors (Lipinski definition) is 3. The Kier molecular flexibility index (Phi) is 7.75. The summed E-state index contributed by atoms with van der Waals surface area (Å²) in [6.45, 7) is 2.16. The van der Waals surface area contributed by atoms with Gasteiger partial charge in [0.1, 0.15) is 11.5 Å². The summed E-state index contributed by atoms with van der Waals surface area (Å²) >= 11 is 0. The van der Waals surface area contributed by atoms with E-state index >= 15 is 0 Å². The first-order chi connectivity index (χ1) is 7.69. The molecule has 1 atom stereocenters. The number of phenols is 1. The van der Waals surface area contributed by atoms with Gasteiger partial charge in [-0.1, -0.05) is 32.3 Å². The maximum Gasteiger partial charge on any atom is 0.124 e. The Hall–Kier alpha value is -0.930. The van der Waals surface area contributed by atoms with E-state index in [2.05, 4.69) is 6.92 Å². The van der Waals surface area contributed by atoms with Gasteiger partial charge < -0.3 is 15.6 Å². The molecule has 3 nitrogen and oxygen atoms in total. The Morgan fingerprint density at radius 1 is 1.35 bits per heavy atom. The van der Waals surface area contributed by atoms with Crippen molar-refractivity contribution < 1.29 is 9.84 Å². The van der Waals surface area contributed by atoms with Gasteiger partial charge in [0, 0.05) is 17.7 Å². The summed E-state index contributed by atoms with van der Waals surface area (Å²) in [6.07, 6.45) is 4.38. The van der Waals surface area contributed by atoms with Gasteiger partial charge in [-0.3, -0.25) is 0 Å². The van der Waals surface area contributed by atoms with Crippen molar-refractivity contribution in [3.63, 3.8) is 0 Å². The Bertz CT molecular complexity index is 331. The summed E-state index contributed by atoms with van der Waals surface area (Å²) in [7, 11) is 1.58. The zero-order valence-electron chi connectivity index (χ0n) is 10.5. The molecule has 98 valence electrons. The largest absolute Gasteiger partial charge is 0.507 e. The molecule has 0 spiro atoms. The lowest BCUT2D eigenvalue weighted by Gasteiger charge is -2.14. The number of halogens is 1. The van der Waals surface area contributed by atoms with Gasteiger partial charge in [0.15, 0.2) is 0 Å². The van der Waals surface area contributed by atoms with E-state index in [1.54, 1.807) is 13.2 Å². The maximum atomic E-state index is 9.79. The molecule has 17 heavy (non-hydrogen) atoms. The minimum atomic E-state index is -0.0857. The predicted molar refractivity (Wildman–Crippen MR) is 73.0 cm³/mol. The molecule has 0 unspecified atom stereocenters. The van der Waals surface area contributed by atoms with Crippen LogP contribution in [0.5, 0.6) is 11.5 Å². The highest BCUT2D eigenvalue weighted by molar-refractivity contribution is 5.85. The average molecular weight is 260 g/mol. The second-order valence-electron chi connectivity index (χ2n) is 4.03. The number of unbranched alkanes of at least 4 members (excludes halogenated alkanes) is 2. The second kappa shape index (κ2) is 8.20. The van der Waals surface area contributed by atoms with Crippen molar-refractivity contribution in [2.75, 3.05) is 7.11 Å². The van der Waals surface area contributed by atoms with E-state index in [1.165, 1.54) is 12.8 Å². The van der Waals surface area contributed by atoms with Crippen molar-refractivity contribution in [1.29, 1.82) is 0 Å². The minimum absolute atomic E-state index is 0. The molecule has 0 bridgehead atoms. The van der Waals surface area contributed by atoms with Crippen LogP contribution < -0.4 is 10.5 Å². The molecular formula is C13H22ClNO2. The molecule has 0 radical (unpaired) electrons. The van der Waals surface area contributed by atoms with Crippen LogP contribution in [0.3, 0.4) is 0 Å². The number of hydrogen-bond donors (Lipinski definition) is 2. The first-order valence-corrected chi connectivity index (χ1v) is 5.81. The molecule has 0 aliphatic carbocycles. The zero-order valence-corrected chi connectivity index (χ0v) is 11.3. The maximum absolute atomic E-state index is 9.79.